The maximum Gasteiger partial charge on any atom is 0.262 e. The van der Waals surface area contributed by atoms with Gasteiger partial charge < -0.3 is 4.90 Å². The van der Waals surface area contributed by atoms with E-state index in [9.17, 15) is 8.42 Å². The first-order chi connectivity index (χ1) is 13.2. The van der Waals surface area contributed by atoms with Crippen molar-refractivity contribution in [2.45, 2.75) is 11.4 Å². The first-order valence-electron chi connectivity index (χ1n) is 8.77. The fraction of sp³-hybridized carbons (Fsp3) is 0.278. The van der Waals surface area contributed by atoms with Crippen LogP contribution in [0.1, 0.15) is 6.42 Å². The number of sulfonamides is 1. The molecule has 1 saturated heterocycles. The molecule has 3 heterocycles. The Morgan fingerprint density at radius 2 is 1.63 bits per heavy atom. The average molecular weight is 384 g/mol. The number of nitrogens with zero attached hydrogens (tertiary/aromatic N) is 6. The standard InChI is InChI=1S/C18H20N6O2S/c25-27(26,18-15-20-21-24(18)17-5-2-1-3-6-17)23-12-4-11-22(13-14-23)16-7-9-19-10-8-16/h1-3,5-10,15H,4,11-14H2. The third kappa shape index (κ3) is 3.56. The number of pyridine rings is 1. The molecule has 1 aliphatic heterocycles. The monoisotopic (exact) mass is 384 g/mol. The fourth-order valence-electron chi connectivity index (χ4n) is 3.23. The molecule has 0 radical (unpaired) electrons. The van der Waals surface area contributed by atoms with Gasteiger partial charge in [0.15, 0.2) is 5.03 Å². The molecule has 3 aromatic rings. The van der Waals surface area contributed by atoms with Gasteiger partial charge in [0.1, 0.15) is 0 Å². The lowest BCUT2D eigenvalue weighted by atomic mass is 10.3. The normalized spacial score (nSPS) is 16.2. The van der Waals surface area contributed by atoms with E-state index in [1.165, 1.54) is 15.2 Å². The predicted octanol–water partition coefficient (Wildman–Crippen LogP) is 1.56. The van der Waals surface area contributed by atoms with Gasteiger partial charge in [-0.3, -0.25) is 4.98 Å². The molecule has 4 rings (SSSR count). The molecule has 0 atom stereocenters. The Kier molecular flexibility index (Phi) is 4.87. The summed E-state index contributed by atoms with van der Waals surface area (Å²) in [5.41, 5.74) is 1.72. The van der Waals surface area contributed by atoms with Crippen molar-refractivity contribution < 1.29 is 8.42 Å². The van der Waals surface area contributed by atoms with Crippen molar-refractivity contribution in [3.8, 4) is 5.69 Å². The Hall–Kier alpha value is -2.78. The van der Waals surface area contributed by atoms with Gasteiger partial charge in [0, 0.05) is 44.3 Å². The Bertz CT molecular complexity index is 991. The highest BCUT2D eigenvalue weighted by Crippen LogP contribution is 2.21. The van der Waals surface area contributed by atoms with Crippen LogP contribution in [-0.2, 0) is 10.0 Å². The van der Waals surface area contributed by atoms with Gasteiger partial charge in [0.2, 0.25) is 0 Å². The Labute approximate surface area is 158 Å². The van der Waals surface area contributed by atoms with Gasteiger partial charge in [-0.15, -0.1) is 5.10 Å². The molecular formula is C18H20N6O2S. The van der Waals surface area contributed by atoms with E-state index in [2.05, 4.69) is 20.2 Å². The van der Waals surface area contributed by atoms with Crippen LogP contribution in [0.4, 0.5) is 5.69 Å². The Morgan fingerprint density at radius 1 is 0.852 bits per heavy atom. The van der Waals surface area contributed by atoms with Crippen LogP contribution in [-0.4, -0.2) is 58.9 Å². The number of benzene rings is 1. The average Bonchev–Trinajstić information content (AvgIpc) is 3.08. The van der Waals surface area contributed by atoms with Crippen LogP contribution < -0.4 is 4.90 Å². The minimum Gasteiger partial charge on any atom is -0.370 e. The maximum absolute atomic E-state index is 13.2. The van der Waals surface area contributed by atoms with Crippen LogP contribution in [0.3, 0.4) is 0 Å². The molecule has 27 heavy (non-hydrogen) atoms. The predicted molar refractivity (Wildman–Crippen MR) is 101 cm³/mol. The number of hydrogen-bond acceptors (Lipinski definition) is 6. The third-order valence-electron chi connectivity index (χ3n) is 4.61. The van der Waals surface area contributed by atoms with Crippen LogP contribution in [0.15, 0.2) is 66.1 Å². The van der Waals surface area contributed by atoms with Crippen LogP contribution >= 0.6 is 0 Å². The van der Waals surface area contributed by atoms with Crippen molar-refractivity contribution in [3.63, 3.8) is 0 Å². The van der Waals surface area contributed by atoms with Crippen molar-refractivity contribution in [1.29, 1.82) is 0 Å². The summed E-state index contributed by atoms with van der Waals surface area (Å²) < 4.78 is 29.4. The van der Waals surface area contributed by atoms with Gasteiger partial charge >= 0.3 is 0 Å². The summed E-state index contributed by atoms with van der Waals surface area (Å²) >= 11 is 0. The fourth-order valence-corrected chi connectivity index (χ4v) is 4.73. The van der Waals surface area contributed by atoms with Crippen LogP contribution in [0, 0.1) is 0 Å². The lowest BCUT2D eigenvalue weighted by Gasteiger charge is -2.23. The molecule has 1 aliphatic rings. The lowest BCUT2D eigenvalue weighted by Crippen LogP contribution is -2.36. The zero-order valence-corrected chi connectivity index (χ0v) is 15.5. The first-order valence-corrected chi connectivity index (χ1v) is 10.2. The van der Waals surface area contributed by atoms with E-state index in [0.717, 1.165) is 18.7 Å². The van der Waals surface area contributed by atoms with E-state index >= 15 is 0 Å². The van der Waals surface area contributed by atoms with Gasteiger partial charge in [0.25, 0.3) is 10.0 Å². The van der Waals surface area contributed by atoms with Gasteiger partial charge in [0.05, 0.1) is 11.9 Å². The molecule has 1 aromatic carbocycles. The molecule has 8 nitrogen and oxygen atoms in total. The van der Waals surface area contributed by atoms with Crippen molar-refractivity contribution in [2.75, 3.05) is 31.1 Å². The summed E-state index contributed by atoms with van der Waals surface area (Å²) in [7, 11) is -3.69. The third-order valence-corrected chi connectivity index (χ3v) is 6.46. The Balaban J connectivity index is 1.58. The van der Waals surface area contributed by atoms with Gasteiger partial charge in [-0.05, 0) is 30.7 Å². The van der Waals surface area contributed by atoms with Crippen molar-refractivity contribution in [3.05, 3.63) is 61.1 Å². The molecule has 140 valence electrons. The van der Waals surface area contributed by atoms with Gasteiger partial charge in [-0.1, -0.05) is 23.4 Å². The smallest absolute Gasteiger partial charge is 0.262 e. The molecule has 0 amide bonds. The summed E-state index contributed by atoms with van der Waals surface area (Å²) in [6.45, 7) is 2.29. The highest BCUT2D eigenvalue weighted by molar-refractivity contribution is 7.89. The molecule has 0 aliphatic carbocycles. The quantitative estimate of drug-likeness (QED) is 0.679. The molecule has 2 aromatic heterocycles. The molecule has 0 spiro atoms. The summed E-state index contributed by atoms with van der Waals surface area (Å²) in [5, 5.41) is 7.90. The number of para-hydroxylation sites is 1. The van der Waals surface area contributed by atoms with E-state index in [0.29, 0.717) is 25.3 Å². The molecule has 0 saturated carbocycles. The second-order valence-electron chi connectivity index (χ2n) is 6.27. The molecule has 1 fully saturated rings. The summed E-state index contributed by atoms with van der Waals surface area (Å²) in [6.07, 6.45) is 5.56. The van der Waals surface area contributed by atoms with Gasteiger partial charge in [-0.2, -0.15) is 4.31 Å². The highest BCUT2D eigenvalue weighted by Gasteiger charge is 2.30. The summed E-state index contributed by atoms with van der Waals surface area (Å²) in [5.74, 6) is 0. The molecule has 9 heteroatoms. The zero-order chi connectivity index (χ0) is 18.7. The van der Waals surface area contributed by atoms with E-state index in [-0.39, 0.29) is 5.03 Å². The second kappa shape index (κ2) is 7.45. The number of hydrogen-bond donors (Lipinski definition) is 0. The van der Waals surface area contributed by atoms with Gasteiger partial charge in [-0.25, -0.2) is 13.1 Å². The molecule has 0 bridgehead atoms. The van der Waals surface area contributed by atoms with Crippen LogP contribution in [0.2, 0.25) is 0 Å². The number of aromatic nitrogens is 4. The molecule has 0 N–H and O–H groups in total. The maximum atomic E-state index is 13.2. The van der Waals surface area contributed by atoms with E-state index in [1.54, 1.807) is 24.5 Å². The van der Waals surface area contributed by atoms with E-state index in [4.69, 9.17) is 0 Å². The Morgan fingerprint density at radius 3 is 2.41 bits per heavy atom. The van der Waals surface area contributed by atoms with Crippen molar-refractivity contribution in [1.82, 2.24) is 24.3 Å². The van der Waals surface area contributed by atoms with Crippen molar-refractivity contribution >= 4 is 15.7 Å². The lowest BCUT2D eigenvalue weighted by molar-refractivity contribution is 0.428. The minimum atomic E-state index is -3.69. The van der Waals surface area contributed by atoms with Crippen LogP contribution in [0.5, 0.6) is 0 Å². The van der Waals surface area contributed by atoms with E-state index in [1.807, 2.05) is 30.3 Å². The summed E-state index contributed by atoms with van der Waals surface area (Å²) in [4.78, 5) is 6.22. The first kappa shape index (κ1) is 17.6. The zero-order valence-electron chi connectivity index (χ0n) is 14.7. The largest absolute Gasteiger partial charge is 0.370 e. The topological polar surface area (TPSA) is 84.2 Å². The molecule has 0 unspecified atom stereocenters. The highest BCUT2D eigenvalue weighted by atomic mass is 32.2. The minimum absolute atomic E-state index is 0.0889. The van der Waals surface area contributed by atoms with Crippen molar-refractivity contribution in [2.24, 2.45) is 0 Å². The number of rotatable bonds is 4. The molecular weight excluding hydrogens is 364 g/mol. The summed E-state index contributed by atoms with van der Waals surface area (Å²) in [6, 6.07) is 13.1. The second-order valence-corrected chi connectivity index (χ2v) is 8.15. The SMILES string of the molecule is O=S(=O)(c1cnnn1-c1ccccc1)N1CCCN(c2ccncc2)CC1. The van der Waals surface area contributed by atoms with Crippen LogP contribution in [0.25, 0.3) is 5.69 Å². The number of anilines is 1. The van der Waals surface area contributed by atoms with E-state index < -0.39 is 10.0 Å².